The van der Waals surface area contributed by atoms with Crippen molar-refractivity contribution in [3.05, 3.63) is 65.3 Å². The van der Waals surface area contributed by atoms with E-state index in [1.807, 2.05) is 48.5 Å². The summed E-state index contributed by atoms with van der Waals surface area (Å²) in [5.74, 6) is 0. The van der Waals surface area contributed by atoms with Gasteiger partial charge in [-0.3, -0.25) is 4.57 Å². The highest BCUT2D eigenvalue weighted by molar-refractivity contribution is 6.30. The van der Waals surface area contributed by atoms with Crippen LogP contribution in [0.1, 0.15) is 5.56 Å². The van der Waals surface area contributed by atoms with Crippen LogP contribution >= 0.6 is 11.6 Å². The lowest BCUT2D eigenvalue weighted by atomic mass is 10.3. The summed E-state index contributed by atoms with van der Waals surface area (Å²) in [6.45, 7) is 2.05. The maximum atomic E-state index is 5.96. The minimum absolute atomic E-state index is 0.725. The quantitative estimate of drug-likeness (QED) is 0.516. The van der Waals surface area contributed by atoms with Crippen LogP contribution < -0.4 is 0 Å². The lowest BCUT2D eigenvalue weighted by molar-refractivity contribution is 1.09. The van der Waals surface area contributed by atoms with Crippen LogP contribution in [0.15, 0.2) is 54.7 Å². The second kappa shape index (κ2) is 4.57. The Balaban J connectivity index is 2.05. The third-order valence-electron chi connectivity index (χ3n) is 3.58. The van der Waals surface area contributed by atoms with Gasteiger partial charge in [0.15, 0.2) is 5.65 Å². The molecule has 2 aromatic heterocycles. The molecule has 0 unspecified atom stereocenters. The Labute approximate surface area is 126 Å². The van der Waals surface area contributed by atoms with Crippen LogP contribution in [0.25, 0.3) is 27.9 Å². The smallest absolute Gasteiger partial charge is 0.164 e. The molecule has 0 fully saturated rings. The Morgan fingerprint density at radius 1 is 0.905 bits per heavy atom. The summed E-state index contributed by atoms with van der Waals surface area (Å²) in [5, 5.41) is 0.725. The highest BCUT2D eigenvalue weighted by atomic mass is 35.5. The third kappa shape index (κ3) is 1.98. The average Bonchev–Trinajstić information content (AvgIpc) is 2.83. The predicted octanol–water partition coefficient (Wildman–Crippen LogP) is 4.54. The van der Waals surface area contributed by atoms with E-state index < -0.39 is 0 Å². The SMILES string of the molecule is Cc1cn(-c2ccc(Cl)cc2)c2nc3ccccc3nc12. The van der Waals surface area contributed by atoms with Gasteiger partial charge in [-0.05, 0) is 48.9 Å². The van der Waals surface area contributed by atoms with E-state index in [0.717, 1.165) is 38.5 Å². The largest absolute Gasteiger partial charge is 0.300 e. The van der Waals surface area contributed by atoms with E-state index in [-0.39, 0.29) is 0 Å². The van der Waals surface area contributed by atoms with Crippen molar-refractivity contribution in [3.63, 3.8) is 0 Å². The Hall–Kier alpha value is -2.39. The Morgan fingerprint density at radius 2 is 1.57 bits per heavy atom. The zero-order valence-electron chi connectivity index (χ0n) is 11.4. The number of halogens is 1. The Bertz CT molecular complexity index is 955. The van der Waals surface area contributed by atoms with Gasteiger partial charge in [0.05, 0.1) is 11.0 Å². The van der Waals surface area contributed by atoms with Crippen LogP contribution in [-0.4, -0.2) is 14.5 Å². The van der Waals surface area contributed by atoms with Crippen molar-refractivity contribution in [1.29, 1.82) is 0 Å². The first-order valence-corrected chi connectivity index (χ1v) is 7.10. The highest BCUT2D eigenvalue weighted by Crippen LogP contribution is 2.24. The molecule has 0 atom stereocenters. The van der Waals surface area contributed by atoms with Crippen LogP contribution in [0.3, 0.4) is 0 Å². The van der Waals surface area contributed by atoms with E-state index in [4.69, 9.17) is 21.6 Å². The van der Waals surface area contributed by atoms with Gasteiger partial charge in [0.2, 0.25) is 0 Å². The number of aryl methyl sites for hydroxylation is 1. The summed E-state index contributed by atoms with van der Waals surface area (Å²) in [6.07, 6.45) is 2.06. The minimum atomic E-state index is 0.725. The maximum absolute atomic E-state index is 5.96. The van der Waals surface area contributed by atoms with Crippen molar-refractivity contribution in [2.45, 2.75) is 6.92 Å². The molecule has 4 heteroatoms. The molecule has 0 spiro atoms. The van der Waals surface area contributed by atoms with Gasteiger partial charge in [-0.1, -0.05) is 23.7 Å². The van der Waals surface area contributed by atoms with Crippen molar-refractivity contribution < 1.29 is 0 Å². The van der Waals surface area contributed by atoms with Crippen molar-refractivity contribution in [2.75, 3.05) is 0 Å². The van der Waals surface area contributed by atoms with E-state index in [1.54, 1.807) is 0 Å². The molecule has 0 aliphatic heterocycles. The number of hydrogen-bond donors (Lipinski definition) is 0. The first-order valence-electron chi connectivity index (χ1n) is 6.73. The van der Waals surface area contributed by atoms with Crippen LogP contribution in [0.5, 0.6) is 0 Å². The van der Waals surface area contributed by atoms with Gasteiger partial charge in [-0.2, -0.15) is 0 Å². The van der Waals surface area contributed by atoms with E-state index in [0.29, 0.717) is 0 Å². The second-order valence-electron chi connectivity index (χ2n) is 5.04. The zero-order chi connectivity index (χ0) is 14.4. The molecule has 2 aromatic carbocycles. The summed E-state index contributed by atoms with van der Waals surface area (Å²) < 4.78 is 2.06. The topological polar surface area (TPSA) is 30.7 Å². The predicted molar refractivity (Wildman–Crippen MR) is 86.1 cm³/mol. The van der Waals surface area contributed by atoms with Crippen LogP contribution in [0.2, 0.25) is 5.02 Å². The summed E-state index contributed by atoms with van der Waals surface area (Å²) in [7, 11) is 0. The molecule has 0 radical (unpaired) electrons. The summed E-state index contributed by atoms with van der Waals surface area (Å²) in [4.78, 5) is 9.50. The van der Waals surface area contributed by atoms with E-state index in [9.17, 15) is 0 Å². The monoisotopic (exact) mass is 293 g/mol. The van der Waals surface area contributed by atoms with Gasteiger partial charge in [-0.15, -0.1) is 0 Å². The first kappa shape index (κ1) is 12.4. The highest BCUT2D eigenvalue weighted by Gasteiger charge is 2.11. The van der Waals surface area contributed by atoms with Gasteiger partial charge in [0.1, 0.15) is 5.52 Å². The number of para-hydroxylation sites is 2. The number of rotatable bonds is 1. The fourth-order valence-corrected chi connectivity index (χ4v) is 2.66. The van der Waals surface area contributed by atoms with Gasteiger partial charge < -0.3 is 0 Å². The van der Waals surface area contributed by atoms with E-state index in [1.165, 1.54) is 0 Å². The molecule has 102 valence electrons. The van der Waals surface area contributed by atoms with Crippen LogP contribution in [-0.2, 0) is 0 Å². The molecule has 0 saturated heterocycles. The molecule has 2 heterocycles. The number of aromatic nitrogens is 3. The van der Waals surface area contributed by atoms with Crippen molar-refractivity contribution in [3.8, 4) is 5.69 Å². The van der Waals surface area contributed by atoms with E-state index in [2.05, 4.69) is 17.7 Å². The first-order chi connectivity index (χ1) is 10.2. The maximum Gasteiger partial charge on any atom is 0.164 e. The molecule has 0 amide bonds. The van der Waals surface area contributed by atoms with Crippen LogP contribution in [0.4, 0.5) is 0 Å². The molecular formula is C17H12ClN3. The molecule has 0 bridgehead atoms. The standard InChI is InChI=1S/C17H12ClN3/c1-11-10-21(13-8-6-12(18)7-9-13)17-16(11)19-14-4-2-3-5-15(14)20-17/h2-10H,1H3. The van der Waals surface area contributed by atoms with Gasteiger partial charge in [-0.25, -0.2) is 9.97 Å². The minimum Gasteiger partial charge on any atom is -0.300 e. The second-order valence-corrected chi connectivity index (χ2v) is 5.48. The molecule has 0 aliphatic rings. The van der Waals surface area contributed by atoms with Crippen LogP contribution in [0, 0.1) is 6.92 Å². The molecule has 0 aliphatic carbocycles. The zero-order valence-corrected chi connectivity index (χ0v) is 12.2. The summed E-state index contributed by atoms with van der Waals surface area (Å²) >= 11 is 5.96. The molecule has 4 aromatic rings. The van der Waals surface area contributed by atoms with Gasteiger partial charge in [0, 0.05) is 16.9 Å². The number of hydrogen-bond acceptors (Lipinski definition) is 2. The molecule has 3 nitrogen and oxygen atoms in total. The molecule has 0 saturated carbocycles. The van der Waals surface area contributed by atoms with Crippen molar-refractivity contribution in [1.82, 2.24) is 14.5 Å². The molecule has 21 heavy (non-hydrogen) atoms. The number of nitrogens with zero attached hydrogens (tertiary/aromatic N) is 3. The third-order valence-corrected chi connectivity index (χ3v) is 3.83. The summed E-state index contributed by atoms with van der Waals surface area (Å²) in [5.41, 5.74) is 5.76. The number of fused-ring (bicyclic) bond motifs is 2. The van der Waals surface area contributed by atoms with Crippen molar-refractivity contribution in [2.24, 2.45) is 0 Å². The lowest BCUT2D eigenvalue weighted by Gasteiger charge is -2.05. The number of benzene rings is 2. The average molecular weight is 294 g/mol. The fourth-order valence-electron chi connectivity index (χ4n) is 2.54. The molecule has 0 N–H and O–H groups in total. The Morgan fingerprint density at radius 3 is 2.29 bits per heavy atom. The molecular weight excluding hydrogens is 282 g/mol. The molecule has 4 rings (SSSR count). The van der Waals surface area contributed by atoms with E-state index >= 15 is 0 Å². The van der Waals surface area contributed by atoms with Crippen molar-refractivity contribution >= 4 is 33.8 Å². The fraction of sp³-hybridized carbons (Fsp3) is 0.0588. The normalized spacial score (nSPS) is 11.3. The van der Waals surface area contributed by atoms with Gasteiger partial charge in [0.25, 0.3) is 0 Å². The Kier molecular flexibility index (Phi) is 2.69. The summed E-state index contributed by atoms with van der Waals surface area (Å²) in [6, 6.07) is 15.7. The van der Waals surface area contributed by atoms with Gasteiger partial charge >= 0.3 is 0 Å². The lowest BCUT2D eigenvalue weighted by Crippen LogP contribution is -1.94.